The first-order valence-corrected chi connectivity index (χ1v) is 9.08. The fourth-order valence-electron chi connectivity index (χ4n) is 3.20. The standard InChI is InChI=1S/C23H33NO/c1-15-8-18(21(25)20(9-15)23(5,6)7)11-16-10-17(14-24)13-19(12-16)22(2,3)4/h8-10,12-13,25H,11,14,24H2,1-7H3. The molecule has 2 rings (SSSR count). The van der Waals surface area contributed by atoms with Gasteiger partial charge in [0.2, 0.25) is 0 Å². The molecule has 0 fully saturated rings. The van der Waals surface area contributed by atoms with Gasteiger partial charge in [0.05, 0.1) is 0 Å². The van der Waals surface area contributed by atoms with Crippen molar-refractivity contribution in [3.05, 3.63) is 63.7 Å². The van der Waals surface area contributed by atoms with E-state index in [4.69, 9.17) is 5.73 Å². The van der Waals surface area contributed by atoms with Gasteiger partial charge in [-0.2, -0.15) is 0 Å². The van der Waals surface area contributed by atoms with Gasteiger partial charge in [-0.25, -0.2) is 0 Å². The zero-order valence-electron chi connectivity index (χ0n) is 16.8. The molecule has 0 radical (unpaired) electrons. The highest BCUT2D eigenvalue weighted by Gasteiger charge is 2.21. The summed E-state index contributed by atoms with van der Waals surface area (Å²) in [6.45, 7) is 15.7. The summed E-state index contributed by atoms with van der Waals surface area (Å²) in [6.07, 6.45) is 0.716. The quantitative estimate of drug-likeness (QED) is 0.792. The molecule has 2 aromatic carbocycles. The largest absolute Gasteiger partial charge is 0.507 e. The van der Waals surface area contributed by atoms with Crippen molar-refractivity contribution >= 4 is 0 Å². The van der Waals surface area contributed by atoms with Crippen LogP contribution >= 0.6 is 0 Å². The van der Waals surface area contributed by atoms with E-state index in [2.05, 4.69) is 78.8 Å². The third-order valence-electron chi connectivity index (χ3n) is 4.69. The van der Waals surface area contributed by atoms with Crippen molar-refractivity contribution in [3.63, 3.8) is 0 Å². The van der Waals surface area contributed by atoms with Crippen LogP contribution in [-0.4, -0.2) is 5.11 Å². The molecule has 0 aliphatic carbocycles. The monoisotopic (exact) mass is 339 g/mol. The summed E-state index contributed by atoms with van der Waals surface area (Å²) in [6, 6.07) is 10.8. The summed E-state index contributed by atoms with van der Waals surface area (Å²) in [7, 11) is 0. The molecule has 0 aromatic heterocycles. The third-order valence-corrected chi connectivity index (χ3v) is 4.69. The molecule has 0 aliphatic heterocycles. The average molecular weight is 340 g/mol. The van der Waals surface area contributed by atoms with E-state index in [0.717, 1.165) is 16.7 Å². The highest BCUT2D eigenvalue weighted by molar-refractivity contribution is 5.49. The number of rotatable bonds is 3. The van der Waals surface area contributed by atoms with Gasteiger partial charge in [-0.3, -0.25) is 0 Å². The van der Waals surface area contributed by atoms with Crippen LogP contribution in [0.5, 0.6) is 5.75 Å². The van der Waals surface area contributed by atoms with Crippen LogP contribution < -0.4 is 5.73 Å². The molecule has 3 N–H and O–H groups in total. The van der Waals surface area contributed by atoms with Crippen LogP contribution in [0.1, 0.15) is 74.9 Å². The Kier molecular flexibility index (Phi) is 5.34. The molecule has 2 nitrogen and oxygen atoms in total. The van der Waals surface area contributed by atoms with Crippen molar-refractivity contribution in [2.24, 2.45) is 5.73 Å². The fourth-order valence-corrected chi connectivity index (χ4v) is 3.20. The number of aromatic hydroxyl groups is 1. The fraction of sp³-hybridized carbons (Fsp3) is 0.478. The number of phenolic OH excluding ortho intramolecular Hbond substituents is 1. The summed E-state index contributed by atoms with van der Waals surface area (Å²) in [5, 5.41) is 10.8. The first kappa shape index (κ1) is 19.5. The van der Waals surface area contributed by atoms with Crippen LogP contribution in [0.4, 0.5) is 0 Å². The lowest BCUT2D eigenvalue weighted by Crippen LogP contribution is -2.14. The lowest BCUT2D eigenvalue weighted by Gasteiger charge is -2.24. The number of benzene rings is 2. The van der Waals surface area contributed by atoms with Gasteiger partial charge in [0.15, 0.2) is 0 Å². The summed E-state index contributed by atoms with van der Waals surface area (Å²) < 4.78 is 0. The van der Waals surface area contributed by atoms with E-state index < -0.39 is 0 Å². The first-order valence-electron chi connectivity index (χ1n) is 9.08. The molecule has 0 aliphatic rings. The summed E-state index contributed by atoms with van der Waals surface area (Å²) in [4.78, 5) is 0. The number of hydrogen-bond donors (Lipinski definition) is 2. The molecule has 0 saturated carbocycles. The van der Waals surface area contributed by atoms with Gasteiger partial charge in [0.1, 0.15) is 5.75 Å². The predicted molar refractivity (Wildman–Crippen MR) is 107 cm³/mol. The van der Waals surface area contributed by atoms with Crippen LogP contribution in [-0.2, 0) is 23.8 Å². The first-order chi connectivity index (χ1) is 11.4. The van der Waals surface area contributed by atoms with E-state index >= 15 is 0 Å². The Labute approximate surface area is 153 Å². The van der Waals surface area contributed by atoms with Gasteiger partial charge < -0.3 is 10.8 Å². The minimum Gasteiger partial charge on any atom is -0.507 e. The second-order valence-electron chi connectivity index (χ2n) is 9.24. The van der Waals surface area contributed by atoms with E-state index in [1.807, 2.05) is 0 Å². The van der Waals surface area contributed by atoms with Crippen LogP contribution in [0, 0.1) is 6.92 Å². The minimum atomic E-state index is -0.0828. The number of hydrogen-bond acceptors (Lipinski definition) is 2. The van der Waals surface area contributed by atoms with Gasteiger partial charge in [-0.15, -0.1) is 0 Å². The average Bonchev–Trinajstić information content (AvgIpc) is 2.48. The Bertz CT molecular complexity index is 761. The van der Waals surface area contributed by atoms with E-state index in [9.17, 15) is 5.11 Å². The van der Waals surface area contributed by atoms with Crippen molar-refractivity contribution in [2.45, 2.75) is 72.3 Å². The molecule has 0 unspecified atom stereocenters. The molecular weight excluding hydrogens is 306 g/mol. The molecule has 25 heavy (non-hydrogen) atoms. The Morgan fingerprint density at radius 2 is 1.44 bits per heavy atom. The zero-order chi connectivity index (χ0) is 19.0. The van der Waals surface area contributed by atoms with Gasteiger partial charge in [-0.1, -0.05) is 77.4 Å². The molecule has 0 amide bonds. The minimum absolute atomic E-state index is 0.0746. The maximum absolute atomic E-state index is 10.8. The molecule has 0 spiro atoms. The predicted octanol–water partition coefficient (Wildman–Crippen LogP) is 5.35. The second kappa shape index (κ2) is 6.84. The summed E-state index contributed by atoms with van der Waals surface area (Å²) >= 11 is 0. The molecule has 0 heterocycles. The number of phenols is 1. The highest BCUT2D eigenvalue weighted by Crippen LogP contribution is 2.36. The Hall–Kier alpha value is -1.80. The maximum Gasteiger partial charge on any atom is 0.122 e. The van der Waals surface area contributed by atoms with Crippen molar-refractivity contribution in [3.8, 4) is 5.75 Å². The molecule has 0 atom stereocenters. The van der Waals surface area contributed by atoms with E-state index in [1.165, 1.54) is 16.7 Å². The SMILES string of the molecule is Cc1cc(Cc2cc(CN)cc(C(C)(C)C)c2)c(O)c(C(C)(C)C)c1. The van der Waals surface area contributed by atoms with E-state index in [0.29, 0.717) is 18.7 Å². The molecule has 0 bridgehead atoms. The van der Waals surface area contributed by atoms with Crippen LogP contribution in [0.2, 0.25) is 0 Å². The number of nitrogens with two attached hydrogens (primary N) is 1. The van der Waals surface area contributed by atoms with Crippen LogP contribution in [0.3, 0.4) is 0 Å². The lowest BCUT2D eigenvalue weighted by molar-refractivity contribution is 0.441. The topological polar surface area (TPSA) is 46.2 Å². The van der Waals surface area contributed by atoms with Crippen molar-refractivity contribution in [2.75, 3.05) is 0 Å². The lowest BCUT2D eigenvalue weighted by atomic mass is 9.82. The van der Waals surface area contributed by atoms with Crippen molar-refractivity contribution in [1.29, 1.82) is 0 Å². The van der Waals surface area contributed by atoms with Gasteiger partial charge in [-0.05, 0) is 45.6 Å². The van der Waals surface area contributed by atoms with Gasteiger partial charge in [0, 0.05) is 13.0 Å². The number of aryl methyl sites for hydroxylation is 1. The second-order valence-corrected chi connectivity index (χ2v) is 9.24. The Morgan fingerprint density at radius 3 is 1.96 bits per heavy atom. The van der Waals surface area contributed by atoms with Crippen molar-refractivity contribution in [1.82, 2.24) is 0 Å². The highest BCUT2D eigenvalue weighted by atomic mass is 16.3. The van der Waals surface area contributed by atoms with Crippen LogP contribution in [0.25, 0.3) is 0 Å². The third kappa shape index (κ3) is 4.64. The Balaban J connectivity index is 2.52. The van der Waals surface area contributed by atoms with E-state index in [-0.39, 0.29) is 10.8 Å². The summed E-state index contributed by atoms with van der Waals surface area (Å²) in [5.41, 5.74) is 12.7. The zero-order valence-corrected chi connectivity index (χ0v) is 16.8. The normalized spacial score (nSPS) is 12.5. The maximum atomic E-state index is 10.8. The molecule has 2 aromatic rings. The van der Waals surface area contributed by atoms with E-state index in [1.54, 1.807) is 0 Å². The van der Waals surface area contributed by atoms with Crippen molar-refractivity contribution < 1.29 is 5.11 Å². The molecule has 0 saturated heterocycles. The Morgan fingerprint density at radius 1 is 0.840 bits per heavy atom. The van der Waals surface area contributed by atoms with Gasteiger partial charge >= 0.3 is 0 Å². The smallest absolute Gasteiger partial charge is 0.122 e. The molecule has 2 heteroatoms. The molecule has 136 valence electrons. The van der Waals surface area contributed by atoms with Gasteiger partial charge in [0.25, 0.3) is 0 Å². The summed E-state index contributed by atoms with van der Waals surface area (Å²) in [5.74, 6) is 0.425. The van der Waals surface area contributed by atoms with Crippen LogP contribution in [0.15, 0.2) is 30.3 Å². The molecular formula is C23H33NO.